The van der Waals surface area contributed by atoms with Gasteiger partial charge in [-0.1, -0.05) is 24.3 Å². The van der Waals surface area contributed by atoms with Crippen molar-refractivity contribution in [1.82, 2.24) is 14.5 Å². The van der Waals surface area contributed by atoms with Crippen molar-refractivity contribution >= 4 is 0 Å². The fourth-order valence-corrected chi connectivity index (χ4v) is 5.12. The van der Waals surface area contributed by atoms with Crippen molar-refractivity contribution in [3.05, 3.63) is 80.6 Å². The van der Waals surface area contributed by atoms with Gasteiger partial charge in [-0.2, -0.15) is 13.2 Å². The summed E-state index contributed by atoms with van der Waals surface area (Å²) < 4.78 is 41.1. The van der Waals surface area contributed by atoms with Crippen LogP contribution in [0.4, 0.5) is 13.2 Å². The number of unbranched alkanes of at least 4 members (excludes halogenated alkanes) is 1. The first-order chi connectivity index (χ1) is 14.6. The number of hydrogen-bond acceptors (Lipinski definition) is 3. The highest BCUT2D eigenvalue weighted by molar-refractivity contribution is 5.47. The van der Waals surface area contributed by atoms with Crippen LogP contribution in [0.3, 0.4) is 0 Å². The van der Waals surface area contributed by atoms with Gasteiger partial charge in [0.2, 0.25) is 0 Å². The molecule has 5 nitrogen and oxygen atoms in total. The molecule has 8 heteroatoms. The van der Waals surface area contributed by atoms with E-state index in [1.165, 1.54) is 16.7 Å². The van der Waals surface area contributed by atoms with E-state index in [0.29, 0.717) is 18.7 Å². The summed E-state index contributed by atoms with van der Waals surface area (Å²) in [7, 11) is 0. The van der Waals surface area contributed by atoms with Gasteiger partial charge in [0, 0.05) is 42.2 Å². The Balaban J connectivity index is 1.40. The van der Waals surface area contributed by atoms with Gasteiger partial charge in [0.1, 0.15) is 0 Å². The van der Waals surface area contributed by atoms with Crippen LogP contribution in [0.1, 0.15) is 36.0 Å². The number of rotatable bonds is 7. The number of fused-ring (bicyclic) bond motifs is 1. The Labute approximate surface area is 178 Å². The zero-order valence-electron chi connectivity index (χ0n) is 17.5. The molecule has 2 aromatic rings. The summed E-state index contributed by atoms with van der Waals surface area (Å²) in [5, 5.41) is 0. The summed E-state index contributed by atoms with van der Waals surface area (Å²) in [6.07, 6.45) is 1.57. The first kappa shape index (κ1) is 21.6. The number of likely N-dealkylation sites (tertiary alicyclic amines) is 1. The van der Waals surface area contributed by atoms with E-state index in [1.807, 2.05) is 6.08 Å². The number of alkyl halides is 3. The zero-order chi connectivity index (χ0) is 22.4. The third kappa shape index (κ3) is 3.78. The number of piperidine rings is 1. The number of hydrogen-bond donors (Lipinski definition) is 1. The second-order valence-electron chi connectivity index (χ2n) is 8.88. The quantitative estimate of drug-likeness (QED) is 0.537. The fourth-order valence-electron chi connectivity index (χ4n) is 5.12. The molecule has 1 aliphatic heterocycles. The zero-order valence-corrected chi connectivity index (χ0v) is 17.5. The van der Waals surface area contributed by atoms with Crippen molar-refractivity contribution in [2.45, 2.75) is 44.3 Å². The van der Waals surface area contributed by atoms with Crippen molar-refractivity contribution in [1.29, 1.82) is 0 Å². The highest BCUT2D eigenvalue weighted by Gasteiger charge is 2.70. The number of aromatic nitrogens is 2. The van der Waals surface area contributed by atoms with Crippen LogP contribution in [0.2, 0.25) is 0 Å². The number of nitrogens with one attached hydrogen (secondary N) is 1. The minimum absolute atomic E-state index is 0.176. The molecule has 31 heavy (non-hydrogen) atoms. The molecule has 2 heterocycles. The van der Waals surface area contributed by atoms with Gasteiger partial charge in [-0.3, -0.25) is 9.78 Å². The number of aromatic amines is 1. The third-order valence-corrected chi connectivity index (χ3v) is 6.89. The normalized spacial score (nSPS) is 25.4. The number of aryl methyl sites for hydroxylation is 2. The van der Waals surface area contributed by atoms with Crippen LogP contribution < -0.4 is 11.2 Å². The van der Waals surface area contributed by atoms with Gasteiger partial charge in [-0.15, -0.1) is 6.58 Å². The van der Waals surface area contributed by atoms with Gasteiger partial charge in [-0.05, 0) is 44.4 Å². The molecule has 1 aromatic carbocycles. The van der Waals surface area contributed by atoms with Crippen LogP contribution in [0.25, 0.3) is 0 Å². The van der Waals surface area contributed by atoms with Crippen LogP contribution in [-0.2, 0) is 18.1 Å². The number of nitrogens with zero attached hydrogens (tertiary/aromatic N) is 2. The fraction of sp³-hybridized carbons (Fsp3) is 0.478. The van der Waals surface area contributed by atoms with E-state index < -0.39 is 17.4 Å². The largest absolute Gasteiger partial charge is 0.416 e. The first-order valence-electron chi connectivity index (χ1n) is 10.4. The van der Waals surface area contributed by atoms with E-state index in [9.17, 15) is 22.8 Å². The molecule has 0 spiro atoms. The van der Waals surface area contributed by atoms with Gasteiger partial charge in [-0.25, -0.2) is 4.79 Å². The molecule has 0 amide bonds. The standard InChI is InChI=1S/C23H26F3N3O2/c1-3-21-13-22(21,17-7-6-8-18(11-17)23(24,25)26)15-28(14-21)9-4-5-10-29-12-16(2)19(30)27-20(29)31/h3,6-8,11-12H,1,4-5,9-10,13-15H2,2H3,(H,27,30,31)/t21-,22+/m1/s1. The maximum atomic E-state index is 13.2. The molecule has 1 aromatic heterocycles. The van der Waals surface area contributed by atoms with Gasteiger partial charge >= 0.3 is 11.9 Å². The van der Waals surface area contributed by atoms with Gasteiger partial charge in [0.25, 0.3) is 5.56 Å². The first-order valence-corrected chi connectivity index (χ1v) is 10.4. The lowest BCUT2D eigenvalue weighted by Crippen LogP contribution is -2.31. The lowest BCUT2D eigenvalue weighted by Gasteiger charge is -2.21. The molecule has 1 saturated carbocycles. The van der Waals surface area contributed by atoms with Crippen LogP contribution in [0, 0.1) is 12.3 Å². The van der Waals surface area contributed by atoms with E-state index in [4.69, 9.17) is 0 Å². The molecule has 1 saturated heterocycles. The van der Waals surface area contributed by atoms with E-state index >= 15 is 0 Å². The van der Waals surface area contributed by atoms with Crippen LogP contribution in [0.5, 0.6) is 0 Å². The highest BCUT2D eigenvalue weighted by Crippen LogP contribution is 2.69. The summed E-state index contributed by atoms with van der Waals surface area (Å²) in [4.78, 5) is 27.9. The van der Waals surface area contributed by atoms with Crippen LogP contribution in [-0.4, -0.2) is 34.1 Å². The van der Waals surface area contributed by atoms with Crippen LogP contribution in [0.15, 0.2) is 52.7 Å². The van der Waals surface area contributed by atoms with E-state index in [-0.39, 0.29) is 16.4 Å². The van der Waals surface area contributed by atoms with Crippen molar-refractivity contribution < 1.29 is 13.2 Å². The molecule has 0 unspecified atom stereocenters. The van der Waals surface area contributed by atoms with E-state index in [0.717, 1.165) is 44.0 Å². The monoisotopic (exact) mass is 433 g/mol. The van der Waals surface area contributed by atoms with Gasteiger partial charge in [0.05, 0.1) is 5.56 Å². The Kier molecular flexibility index (Phi) is 5.24. The predicted octanol–water partition coefficient (Wildman–Crippen LogP) is 3.47. The van der Waals surface area contributed by atoms with Gasteiger partial charge in [0.15, 0.2) is 0 Å². The Bertz CT molecular complexity index is 1120. The highest BCUT2D eigenvalue weighted by atomic mass is 19.4. The second-order valence-corrected chi connectivity index (χ2v) is 8.88. The molecule has 166 valence electrons. The van der Waals surface area contributed by atoms with Crippen molar-refractivity contribution in [3.8, 4) is 0 Å². The molecule has 0 bridgehead atoms. The minimum Gasteiger partial charge on any atom is -0.302 e. The second kappa shape index (κ2) is 7.51. The molecule has 4 rings (SSSR count). The maximum Gasteiger partial charge on any atom is 0.416 e. The smallest absolute Gasteiger partial charge is 0.302 e. The molecule has 2 aliphatic rings. The Morgan fingerprint density at radius 1 is 1.19 bits per heavy atom. The minimum atomic E-state index is -4.35. The maximum absolute atomic E-state index is 13.2. The predicted molar refractivity (Wildman–Crippen MR) is 112 cm³/mol. The van der Waals surface area contributed by atoms with Gasteiger partial charge < -0.3 is 9.47 Å². The molecule has 1 N–H and O–H groups in total. The van der Waals surface area contributed by atoms with Crippen molar-refractivity contribution in [3.63, 3.8) is 0 Å². The van der Waals surface area contributed by atoms with E-state index in [1.54, 1.807) is 19.2 Å². The lowest BCUT2D eigenvalue weighted by atomic mass is 9.88. The molecule has 2 atom stereocenters. The Hall–Kier alpha value is -2.61. The molecule has 2 fully saturated rings. The average molecular weight is 433 g/mol. The van der Waals surface area contributed by atoms with Crippen LogP contribution >= 0.6 is 0 Å². The van der Waals surface area contributed by atoms with Crippen molar-refractivity contribution in [2.75, 3.05) is 19.6 Å². The summed E-state index contributed by atoms with van der Waals surface area (Å²) in [5.41, 5.74) is -0.633. The number of halogens is 3. The molecular formula is C23H26F3N3O2. The third-order valence-electron chi connectivity index (χ3n) is 6.89. The summed E-state index contributed by atoms with van der Waals surface area (Å²) in [6.45, 7) is 8.43. The number of H-pyrrole nitrogens is 1. The molecular weight excluding hydrogens is 407 g/mol. The summed E-state index contributed by atoms with van der Waals surface area (Å²) >= 11 is 0. The number of benzene rings is 1. The lowest BCUT2D eigenvalue weighted by molar-refractivity contribution is -0.137. The van der Waals surface area contributed by atoms with E-state index in [2.05, 4.69) is 16.5 Å². The molecule has 1 aliphatic carbocycles. The topological polar surface area (TPSA) is 58.1 Å². The van der Waals surface area contributed by atoms with Crippen molar-refractivity contribution in [2.24, 2.45) is 5.41 Å². The Morgan fingerprint density at radius 2 is 1.94 bits per heavy atom. The average Bonchev–Trinajstić information content (AvgIpc) is 3.25. The SMILES string of the molecule is C=C[C@@]12CN(CCCCn3cc(C)c(=O)[nH]c3=O)C[C@]1(c1cccc(C(F)(F)F)c1)C2. The summed E-state index contributed by atoms with van der Waals surface area (Å²) in [5.74, 6) is 0. The molecule has 0 radical (unpaired) electrons. The summed E-state index contributed by atoms with van der Waals surface area (Å²) in [6, 6.07) is 5.70. The Morgan fingerprint density at radius 3 is 2.65 bits per heavy atom.